The summed E-state index contributed by atoms with van der Waals surface area (Å²) < 4.78 is 0. The van der Waals surface area contributed by atoms with Gasteiger partial charge in [0.15, 0.2) is 0 Å². The molecule has 0 N–H and O–H groups in total. The van der Waals surface area contributed by atoms with E-state index < -0.39 is 0 Å². The molecule has 0 heterocycles. The first-order valence-corrected chi connectivity index (χ1v) is 1.32. The van der Waals surface area contributed by atoms with E-state index in [1.165, 1.54) is 12.8 Å². The van der Waals surface area contributed by atoms with Gasteiger partial charge in [-0.3, -0.25) is 0 Å². The van der Waals surface area contributed by atoms with Gasteiger partial charge in [-0.05, 0) is 0 Å². The van der Waals surface area contributed by atoms with Gasteiger partial charge in [-0.15, -0.1) is 0 Å². The first kappa shape index (κ1) is 9.41. The van der Waals surface area contributed by atoms with Crippen molar-refractivity contribution < 1.29 is 12.4 Å². The van der Waals surface area contributed by atoms with Gasteiger partial charge in [-0.2, -0.15) is 0 Å². The summed E-state index contributed by atoms with van der Waals surface area (Å²) in [6, 6.07) is 0. The fraction of sp³-hybridized carbons (Fsp3) is 0.667. The van der Waals surface area contributed by atoms with Gasteiger partial charge in [-0.25, -0.2) is 12.8 Å². The van der Waals surface area contributed by atoms with E-state index >= 15 is 0 Å². The van der Waals surface area contributed by atoms with E-state index in [1.807, 2.05) is 0 Å². The van der Waals surface area contributed by atoms with Crippen LogP contribution in [0.5, 0.6) is 0 Å². The molecular formula is C3H5ClMg. The molecule has 0 radical (unpaired) electrons. The zero-order chi connectivity index (χ0) is 2.12. The summed E-state index contributed by atoms with van der Waals surface area (Å²) in [4.78, 5) is 0. The molecule has 0 bridgehead atoms. The van der Waals surface area contributed by atoms with Gasteiger partial charge >= 0.3 is 23.1 Å². The Morgan fingerprint density at radius 1 is 1.20 bits per heavy atom. The fourth-order valence-corrected chi connectivity index (χ4v) is 0. The van der Waals surface area contributed by atoms with Crippen LogP contribution in [0.3, 0.4) is 0 Å². The predicted octanol–water partition coefficient (Wildman–Crippen LogP) is -2.39. The van der Waals surface area contributed by atoms with Gasteiger partial charge in [0.25, 0.3) is 0 Å². The van der Waals surface area contributed by atoms with Crippen LogP contribution in [0.2, 0.25) is 0 Å². The van der Waals surface area contributed by atoms with Gasteiger partial charge in [0.2, 0.25) is 0 Å². The maximum absolute atomic E-state index is 2.25. The minimum atomic E-state index is 0. The average molecular weight is 101 g/mol. The van der Waals surface area contributed by atoms with Crippen molar-refractivity contribution >= 4 is 23.1 Å². The van der Waals surface area contributed by atoms with Crippen molar-refractivity contribution in [3.63, 3.8) is 0 Å². The van der Waals surface area contributed by atoms with Gasteiger partial charge in [0.05, 0.1) is 0 Å². The zero-order valence-corrected chi connectivity index (χ0v) is 5.25. The molecule has 1 aliphatic rings. The van der Waals surface area contributed by atoms with E-state index in [0.29, 0.717) is 0 Å². The average Bonchev–Trinajstić information content (AvgIpc) is 1.46. The van der Waals surface area contributed by atoms with Crippen LogP contribution in [0.1, 0.15) is 12.8 Å². The molecule has 2 heteroatoms. The molecule has 0 atom stereocenters. The Kier molecular flexibility index (Phi) is 9.52. The second-order valence-corrected chi connectivity index (χ2v) is 0.866. The first-order valence-electron chi connectivity index (χ1n) is 1.32. The van der Waals surface area contributed by atoms with Crippen molar-refractivity contribution in [3.05, 3.63) is 6.42 Å². The van der Waals surface area contributed by atoms with Crippen LogP contribution < -0.4 is 12.4 Å². The molecule has 0 spiro atoms. The summed E-state index contributed by atoms with van der Waals surface area (Å²) in [5.74, 6) is 0. The molecular weight excluding hydrogens is 95.8 g/mol. The smallest absolute Gasteiger partial charge is 1.00 e. The molecule has 1 saturated carbocycles. The molecule has 1 rings (SSSR count). The quantitative estimate of drug-likeness (QED) is 0.236. The van der Waals surface area contributed by atoms with Gasteiger partial charge < -0.3 is 18.8 Å². The molecule has 0 aromatic heterocycles. The molecule has 0 aromatic rings. The van der Waals surface area contributed by atoms with Crippen molar-refractivity contribution in [2.24, 2.45) is 0 Å². The molecule has 0 aliphatic heterocycles. The van der Waals surface area contributed by atoms with Crippen LogP contribution in [-0.2, 0) is 0 Å². The third-order valence-corrected chi connectivity index (χ3v) is 0.289. The fourth-order valence-electron chi connectivity index (χ4n) is 0. The second-order valence-electron chi connectivity index (χ2n) is 0.866. The molecule has 0 nitrogen and oxygen atoms in total. The number of hydrogen-bond acceptors (Lipinski definition) is 0. The minimum absolute atomic E-state index is 0. The summed E-state index contributed by atoms with van der Waals surface area (Å²) in [5, 5.41) is 0. The van der Waals surface area contributed by atoms with E-state index in [2.05, 4.69) is 6.42 Å². The standard InChI is InChI=1S/C3H5.ClH.Mg/c1-2-3-1;;/h1H,2-3H2;1H;/q-1;;+2/p-1. The van der Waals surface area contributed by atoms with Crippen molar-refractivity contribution in [1.29, 1.82) is 0 Å². The normalized spacial score (nSPS) is 14.4. The Labute approximate surface area is 54.9 Å². The Morgan fingerprint density at radius 2 is 1.40 bits per heavy atom. The van der Waals surface area contributed by atoms with Crippen LogP contribution >= 0.6 is 0 Å². The number of hydrogen-bond donors (Lipinski definition) is 0. The maximum Gasteiger partial charge on any atom is 2.00 e. The Bertz CT molecular complexity index is 11.6. The molecule has 26 valence electrons. The van der Waals surface area contributed by atoms with Crippen LogP contribution in [0, 0.1) is 6.42 Å². The number of halogens is 1. The van der Waals surface area contributed by atoms with Crippen LogP contribution in [0.15, 0.2) is 0 Å². The Hall–Kier alpha value is 1.06. The zero-order valence-electron chi connectivity index (χ0n) is 3.08. The minimum Gasteiger partial charge on any atom is -1.00 e. The third kappa shape index (κ3) is 11.2. The summed E-state index contributed by atoms with van der Waals surface area (Å²) in [5.41, 5.74) is 0. The van der Waals surface area contributed by atoms with E-state index in [-0.39, 0.29) is 35.5 Å². The van der Waals surface area contributed by atoms with Crippen LogP contribution in [0.25, 0.3) is 0 Å². The SMILES string of the molecule is [CH-]1CC1.[Cl-].[Mg+2]. The largest absolute Gasteiger partial charge is 2.00 e. The van der Waals surface area contributed by atoms with Gasteiger partial charge in [-0.1, -0.05) is 0 Å². The van der Waals surface area contributed by atoms with E-state index in [1.54, 1.807) is 0 Å². The van der Waals surface area contributed by atoms with Crippen molar-refractivity contribution in [2.75, 3.05) is 0 Å². The van der Waals surface area contributed by atoms with Crippen molar-refractivity contribution in [2.45, 2.75) is 12.8 Å². The predicted molar refractivity (Wildman–Crippen MR) is 19.3 cm³/mol. The number of rotatable bonds is 0. The molecule has 1 aliphatic carbocycles. The van der Waals surface area contributed by atoms with Gasteiger partial charge in [0.1, 0.15) is 0 Å². The Balaban J connectivity index is 0. The monoisotopic (exact) mass is 100.0 g/mol. The van der Waals surface area contributed by atoms with Crippen LogP contribution in [0.4, 0.5) is 0 Å². The summed E-state index contributed by atoms with van der Waals surface area (Å²) in [6.45, 7) is 0. The second kappa shape index (κ2) is 5.06. The summed E-state index contributed by atoms with van der Waals surface area (Å²) in [7, 11) is 0. The van der Waals surface area contributed by atoms with Gasteiger partial charge in [0, 0.05) is 0 Å². The summed E-state index contributed by atoms with van der Waals surface area (Å²) in [6.07, 6.45) is 5.00. The van der Waals surface area contributed by atoms with E-state index in [9.17, 15) is 0 Å². The van der Waals surface area contributed by atoms with E-state index in [0.717, 1.165) is 0 Å². The molecule has 0 aromatic carbocycles. The molecule has 0 saturated heterocycles. The molecule has 5 heavy (non-hydrogen) atoms. The van der Waals surface area contributed by atoms with E-state index in [4.69, 9.17) is 0 Å². The molecule has 0 unspecified atom stereocenters. The maximum atomic E-state index is 2.25. The third-order valence-electron chi connectivity index (χ3n) is 0.289. The molecule has 1 fully saturated rings. The topological polar surface area (TPSA) is 0 Å². The van der Waals surface area contributed by atoms with Crippen molar-refractivity contribution in [1.82, 2.24) is 0 Å². The summed E-state index contributed by atoms with van der Waals surface area (Å²) >= 11 is 0. The Morgan fingerprint density at radius 3 is 1.40 bits per heavy atom. The van der Waals surface area contributed by atoms with Crippen LogP contribution in [-0.4, -0.2) is 23.1 Å². The van der Waals surface area contributed by atoms with Crippen molar-refractivity contribution in [3.8, 4) is 0 Å². The first-order chi connectivity index (χ1) is 1.50. The molecule has 0 amide bonds.